The average molecular weight is 260 g/mol. The van der Waals surface area contributed by atoms with Gasteiger partial charge in [0.15, 0.2) is 0 Å². The van der Waals surface area contributed by atoms with Crippen molar-refractivity contribution in [2.24, 2.45) is 5.73 Å². The van der Waals surface area contributed by atoms with Gasteiger partial charge >= 0.3 is 0 Å². The van der Waals surface area contributed by atoms with Gasteiger partial charge in [0.1, 0.15) is 0 Å². The van der Waals surface area contributed by atoms with E-state index in [9.17, 15) is 4.79 Å². The van der Waals surface area contributed by atoms with Crippen LogP contribution in [-0.4, -0.2) is 29.9 Å². The first kappa shape index (κ1) is 14.1. The number of benzene rings is 1. The summed E-state index contributed by atoms with van der Waals surface area (Å²) in [6.07, 6.45) is 3.54. The largest absolute Gasteiger partial charge is 0.342 e. The normalized spacial score (nSPS) is 20.5. The minimum absolute atomic E-state index is 0.0216. The third kappa shape index (κ3) is 3.80. The zero-order valence-corrected chi connectivity index (χ0v) is 11.7. The molecule has 2 rings (SSSR count). The van der Waals surface area contributed by atoms with Gasteiger partial charge in [-0.2, -0.15) is 0 Å². The molecule has 1 aromatic carbocycles. The molecule has 1 heterocycles. The van der Waals surface area contributed by atoms with Gasteiger partial charge in [0.05, 0.1) is 0 Å². The molecule has 104 valence electrons. The number of hydrogen-bond acceptors (Lipinski definition) is 2. The van der Waals surface area contributed by atoms with E-state index in [2.05, 4.69) is 31.2 Å². The van der Waals surface area contributed by atoms with E-state index in [4.69, 9.17) is 5.73 Å². The molecule has 1 aliphatic heterocycles. The highest BCUT2D eigenvalue weighted by Gasteiger charge is 2.27. The van der Waals surface area contributed by atoms with Gasteiger partial charge in [0.2, 0.25) is 5.91 Å². The molecule has 1 amide bonds. The summed E-state index contributed by atoms with van der Waals surface area (Å²) in [5, 5.41) is 0. The maximum atomic E-state index is 12.2. The minimum Gasteiger partial charge on any atom is -0.342 e. The smallest absolute Gasteiger partial charge is 0.224 e. The predicted octanol–water partition coefficient (Wildman–Crippen LogP) is 2.52. The van der Waals surface area contributed by atoms with E-state index >= 15 is 0 Å². The quantitative estimate of drug-likeness (QED) is 0.884. The monoisotopic (exact) mass is 260 g/mol. The second-order valence-corrected chi connectivity index (χ2v) is 5.49. The van der Waals surface area contributed by atoms with E-state index in [1.165, 1.54) is 5.56 Å². The third-order valence-corrected chi connectivity index (χ3v) is 3.91. The fourth-order valence-electron chi connectivity index (χ4n) is 2.81. The summed E-state index contributed by atoms with van der Waals surface area (Å²) >= 11 is 0. The molecule has 0 aromatic heterocycles. The maximum Gasteiger partial charge on any atom is 0.224 e. The van der Waals surface area contributed by atoms with Crippen molar-refractivity contribution in [2.75, 3.05) is 13.1 Å². The van der Waals surface area contributed by atoms with Crippen LogP contribution < -0.4 is 5.73 Å². The Morgan fingerprint density at radius 1 is 1.42 bits per heavy atom. The second kappa shape index (κ2) is 6.71. The molecule has 0 bridgehead atoms. The minimum atomic E-state index is 0.0216. The Kier molecular flexibility index (Phi) is 4.97. The summed E-state index contributed by atoms with van der Waals surface area (Å²) in [6.45, 7) is 3.82. The van der Waals surface area contributed by atoms with Crippen LogP contribution in [0.4, 0.5) is 0 Å². The van der Waals surface area contributed by atoms with Crippen molar-refractivity contribution in [1.29, 1.82) is 0 Å². The number of carbonyl (C=O) groups is 1. The van der Waals surface area contributed by atoms with Crippen LogP contribution in [0.2, 0.25) is 0 Å². The fraction of sp³-hybridized carbons (Fsp3) is 0.562. The molecule has 0 aliphatic carbocycles. The van der Waals surface area contributed by atoms with E-state index in [0.29, 0.717) is 12.3 Å². The fourth-order valence-corrected chi connectivity index (χ4v) is 2.81. The lowest BCUT2D eigenvalue weighted by atomic mass is 9.99. The Labute approximate surface area is 115 Å². The van der Waals surface area contributed by atoms with Crippen LogP contribution in [0, 0.1) is 0 Å². The number of amides is 1. The average Bonchev–Trinajstić information content (AvgIpc) is 2.89. The zero-order chi connectivity index (χ0) is 13.7. The van der Waals surface area contributed by atoms with Crippen molar-refractivity contribution in [2.45, 2.75) is 44.6 Å². The maximum absolute atomic E-state index is 12.2. The molecule has 2 N–H and O–H groups in total. The van der Waals surface area contributed by atoms with Gasteiger partial charge in [0, 0.05) is 31.5 Å². The molecule has 2 unspecified atom stereocenters. The van der Waals surface area contributed by atoms with Gasteiger partial charge in [-0.1, -0.05) is 43.7 Å². The Balaban J connectivity index is 1.86. The summed E-state index contributed by atoms with van der Waals surface area (Å²) in [5.41, 5.74) is 7.29. The Morgan fingerprint density at radius 3 is 2.84 bits per heavy atom. The lowest BCUT2D eigenvalue weighted by Crippen LogP contribution is -2.34. The molecular weight excluding hydrogens is 236 g/mol. The zero-order valence-electron chi connectivity index (χ0n) is 11.7. The van der Waals surface area contributed by atoms with Gasteiger partial charge in [0.25, 0.3) is 0 Å². The number of carbonyl (C=O) groups excluding carboxylic acids is 1. The second-order valence-electron chi connectivity index (χ2n) is 5.49. The topological polar surface area (TPSA) is 46.3 Å². The Hall–Kier alpha value is -1.35. The molecule has 3 nitrogen and oxygen atoms in total. The van der Waals surface area contributed by atoms with Crippen LogP contribution in [0.5, 0.6) is 0 Å². The van der Waals surface area contributed by atoms with Gasteiger partial charge in [-0.15, -0.1) is 0 Å². The van der Waals surface area contributed by atoms with Crippen molar-refractivity contribution in [3.63, 3.8) is 0 Å². The summed E-state index contributed by atoms with van der Waals surface area (Å²) in [7, 11) is 0. The van der Waals surface area contributed by atoms with Crippen LogP contribution in [0.1, 0.15) is 44.1 Å². The van der Waals surface area contributed by atoms with Gasteiger partial charge in [-0.05, 0) is 18.4 Å². The van der Waals surface area contributed by atoms with Crippen molar-refractivity contribution in [1.82, 2.24) is 4.90 Å². The molecule has 1 aliphatic rings. The van der Waals surface area contributed by atoms with E-state index in [1.807, 2.05) is 11.0 Å². The first-order valence-electron chi connectivity index (χ1n) is 7.29. The summed E-state index contributed by atoms with van der Waals surface area (Å²) < 4.78 is 0. The lowest BCUT2D eigenvalue weighted by Gasteiger charge is -2.19. The number of nitrogens with two attached hydrogens (primary N) is 1. The molecule has 0 spiro atoms. The number of rotatable bonds is 5. The van der Waals surface area contributed by atoms with E-state index in [0.717, 1.165) is 32.4 Å². The molecule has 19 heavy (non-hydrogen) atoms. The van der Waals surface area contributed by atoms with Gasteiger partial charge < -0.3 is 10.6 Å². The first-order valence-corrected chi connectivity index (χ1v) is 7.29. The summed E-state index contributed by atoms with van der Waals surface area (Å²) in [6, 6.07) is 10.5. The lowest BCUT2D eigenvalue weighted by molar-refractivity contribution is -0.130. The van der Waals surface area contributed by atoms with Gasteiger partial charge in [-0.25, -0.2) is 0 Å². The van der Waals surface area contributed by atoms with Crippen LogP contribution in [-0.2, 0) is 4.79 Å². The molecule has 1 fully saturated rings. The molecule has 0 saturated carbocycles. The molecule has 1 saturated heterocycles. The van der Waals surface area contributed by atoms with E-state index in [-0.39, 0.29) is 11.9 Å². The molecule has 2 atom stereocenters. The molecule has 1 aromatic rings. The van der Waals surface area contributed by atoms with E-state index in [1.54, 1.807) is 0 Å². The number of likely N-dealkylation sites (tertiary alicyclic amines) is 1. The molecule has 3 heteroatoms. The highest BCUT2D eigenvalue weighted by Crippen LogP contribution is 2.27. The summed E-state index contributed by atoms with van der Waals surface area (Å²) in [5.74, 6) is 0.715. The van der Waals surface area contributed by atoms with Crippen molar-refractivity contribution >= 4 is 5.91 Å². The standard InChI is InChI=1S/C16H24N2O/c1-2-6-15(17)11-16(19)18-10-9-14(12-18)13-7-4-3-5-8-13/h3-5,7-8,14-15H,2,6,9-12,17H2,1H3. The van der Waals surface area contributed by atoms with Crippen molar-refractivity contribution in [3.8, 4) is 0 Å². The van der Waals surface area contributed by atoms with E-state index < -0.39 is 0 Å². The Morgan fingerprint density at radius 2 is 2.16 bits per heavy atom. The third-order valence-electron chi connectivity index (χ3n) is 3.91. The highest BCUT2D eigenvalue weighted by molar-refractivity contribution is 5.77. The van der Waals surface area contributed by atoms with Crippen LogP contribution in [0.3, 0.4) is 0 Å². The number of nitrogens with zero attached hydrogens (tertiary/aromatic N) is 1. The van der Waals surface area contributed by atoms with Crippen molar-refractivity contribution in [3.05, 3.63) is 35.9 Å². The first-order chi connectivity index (χ1) is 9.20. The molecule has 0 radical (unpaired) electrons. The molecular formula is C16H24N2O. The number of hydrogen-bond donors (Lipinski definition) is 1. The van der Waals surface area contributed by atoms with Crippen molar-refractivity contribution < 1.29 is 4.79 Å². The highest BCUT2D eigenvalue weighted by atomic mass is 16.2. The van der Waals surface area contributed by atoms with Crippen LogP contribution >= 0.6 is 0 Å². The van der Waals surface area contributed by atoms with Crippen LogP contribution in [0.15, 0.2) is 30.3 Å². The summed E-state index contributed by atoms with van der Waals surface area (Å²) in [4.78, 5) is 14.1. The predicted molar refractivity (Wildman–Crippen MR) is 77.9 cm³/mol. The van der Waals surface area contributed by atoms with Gasteiger partial charge in [-0.3, -0.25) is 4.79 Å². The Bertz CT molecular complexity index is 404. The van der Waals surface area contributed by atoms with Crippen LogP contribution in [0.25, 0.3) is 0 Å². The SMILES string of the molecule is CCCC(N)CC(=O)N1CCC(c2ccccc2)C1.